The predicted molar refractivity (Wildman–Crippen MR) is 88.4 cm³/mol. The van der Waals surface area contributed by atoms with Crippen molar-refractivity contribution in [3.8, 4) is 0 Å². The molecule has 0 spiro atoms. The third-order valence-electron chi connectivity index (χ3n) is 3.66. The van der Waals surface area contributed by atoms with E-state index >= 15 is 0 Å². The van der Waals surface area contributed by atoms with Crippen LogP contribution in [0.1, 0.15) is 17.5 Å². The van der Waals surface area contributed by atoms with Gasteiger partial charge in [0.05, 0.1) is 0 Å². The van der Waals surface area contributed by atoms with E-state index < -0.39 is 0 Å². The Labute approximate surface area is 128 Å². The van der Waals surface area contributed by atoms with Gasteiger partial charge in [0.25, 0.3) is 0 Å². The summed E-state index contributed by atoms with van der Waals surface area (Å²) in [4.78, 5) is 0. The minimum Gasteiger partial charge on any atom is -0.312 e. The molecule has 0 aliphatic heterocycles. The van der Waals surface area contributed by atoms with Crippen LogP contribution in [0.4, 0.5) is 0 Å². The van der Waals surface area contributed by atoms with Crippen LogP contribution in [-0.4, -0.2) is 6.54 Å². The minimum absolute atomic E-state index is 0.714. The van der Waals surface area contributed by atoms with Gasteiger partial charge in [0.2, 0.25) is 0 Å². The van der Waals surface area contributed by atoms with Gasteiger partial charge in [-0.25, -0.2) is 0 Å². The van der Waals surface area contributed by atoms with Gasteiger partial charge in [0.1, 0.15) is 0 Å². The highest BCUT2D eigenvalue weighted by Gasteiger charge is 2.28. The Hall–Kier alpha value is -1.38. The van der Waals surface area contributed by atoms with Crippen LogP contribution in [0.5, 0.6) is 0 Å². The largest absolute Gasteiger partial charge is 0.312 e. The zero-order valence-corrected chi connectivity index (χ0v) is 12.9. The van der Waals surface area contributed by atoms with Crippen molar-refractivity contribution in [1.29, 1.82) is 0 Å². The van der Waals surface area contributed by atoms with Gasteiger partial charge in [-0.15, -0.1) is 0 Å². The fourth-order valence-corrected chi connectivity index (χ4v) is 2.78. The Morgan fingerprint density at radius 2 is 1.80 bits per heavy atom. The number of hydrogen-bond acceptors (Lipinski definition) is 1. The van der Waals surface area contributed by atoms with Gasteiger partial charge in [-0.3, -0.25) is 0 Å². The molecule has 2 aromatic carbocycles. The van der Waals surface area contributed by atoms with E-state index in [0.29, 0.717) is 5.92 Å². The van der Waals surface area contributed by atoms with Crippen LogP contribution in [0.2, 0.25) is 0 Å². The summed E-state index contributed by atoms with van der Waals surface area (Å²) in [5.41, 5.74) is 4.19. The lowest BCUT2D eigenvalue weighted by Crippen LogP contribution is -2.16. The summed E-state index contributed by atoms with van der Waals surface area (Å²) >= 11 is 3.60. The molecular formula is C18H18BrN. The van der Waals surface area contributed by atoms with Gasteiger partial charge in [-0.2, -0.15) is 0 Å². The predicted octanol–water partition coefficient (Wildman–Crippen LogP) is 4.64. The zero-order chi connectivity index (χ0) is 13.8. The Morgan fingerprint density at radius 3 is 2.60 bits per heavy atom. The minimum atomic E-state index is 0.714. The second-order valence-electron chi connectivity index (χ2n) is 5.26. The molecule has 1 fully saturated rings. The van der Waals surface area contributed by atoms with E-state index in [9.17, 15) is 0 Å². The Kier molecular flexibility index (Phi) is 4.34. The molecule has 1 atom stereocenters. The lowest BCUT2D eigenvalue weighted by Gasteiger charge is -2.03. The normalized spacial score (nSPS) is 19.2. The molecule has 1 N–H and O–H groups in total. The lowest BCUT2D eigenvalue weighted by atomic mass is 10.2. The first-order valence-electron chi connectivity index (χ1n) is 7.02. The SMILES string of the molecule is Brc1ccccc1/C=C1\CC1CNCc1ccccc1. The third kappa shape index (κ3) is 3.59. The molecule has 2 aromatic rings. The van der Waals surface area contributed by atoms with E-state index in [4.69, 9.17) is 0 Å². The second kappa shape index (κ2) is 6.38. The average Bonchev–Trinajstić information content (AvgIpc) is 3.21. The highest BCUT2D eigenvalue weighted by molar-refractivity contribution is 9.10. The lowest BCUT2D eigenvalue weighted by molar-refractivity contribution is 0.650. The summed E-state index contributed by atoms with van der Waals surface area (Å²) in [7, 11) is 0. The van der Waals surface area contributed by atoms with Crippen LogP contribution in [0.3, 0.4) is 0 Å². The van der Waals surface area contributed by atoms with Gasteiger partial charge in [-0.05, 0) is 29.5 Å². The molecule has 2 heteroatoms. The van der Waals surface area contributed by atoms with E-state index in [-0.39, 0.29) is 0 Å². The van der Waals surface area contributed by atoms with Crippen molar-refractivity contribution >= 4 is 22.0 Å². The first-order valence-corrected chi connectivity index (χ1v) is 7.82. The number of benzene rings is 2. The number of nitrogens with one attached hydrogen (secondary N) is 1. The van der Waals surface area contributed by atoms with Crippen molar-refractivity contribution in [3.63, 3.8) is 0 Å². The van der Waals surface area contributed by atoms with Crippen molar-refractivity contribution < 1.29 is 0 Å². The van der Waals surface area contributed by atoms with Gasteiger partial charge >= 0.3 is 0 Å². The first-order chi connectivity index (χ1) is 9.83. The molecule has 1 saturated carbocycles. The van der Waals surface area contributed by atoms with Crippen molar-refractivity contribution in [2.24, 2.45) is 5.92 Å². The van der Waals surface area contributed by atoms with E-state index in [1.165, 1.54) is 22.0 Å². The Bertz CT molecular complexity index is 604. The van der Waals surface area contributed by atoms with Crippen molar-refractivity contribution in [3.05, 3.63) is 75.8 Å². The summed E-state index contributed by atoms with van der Waals surface area (Å²) in [6.45, 7) is 2.03. The second-order valence-corrected chi connectivity index (χ2v) is 6.11. The molecule has 1 aliphatic rings. The maximum Gasteiger partial charge on any atom is 0.0247 e. The van der Waals surface area contributed by atoms with Gasteiger partial charge in [0.15, 0.2) is 0 Å². The van der Waals surface area contributed by atoms with Gasteiger partial charge in [-0.1, -0.05) is 76.1 Å². The van der Waals surface area contributed by atoms with Crippen molar-refractivity contribution in [1.82, 2.24) is 5.32 Å². The monoisotopic (exact) mass is 327 g/mol. The smallest absolute Gasteiger partial charge is 0.0247 e. The quantitative estimate of drug-likeness (QED) is 0.843. The van der Waals surface area contributed by atoms with Crippen molar-refractivity contribution in [2.45, 2.75) is 13.0 Å². The molecule has 20 heavy (non-hydrogen) atoms. The maximum absolute atomic E-state index is 3.60. The van der Waals surface area contributed by atoms with E-state index in [2.05, 4.69) is 81.9 Å². The maximum atomic E-state index is 3.60. The van der Waals surface area contributed by atoms with E-state index in [1.54, 1.807) is 5.57 Å². The molecule has 3 rings (SSSR count). The summed E-state index contributed by atoms with van der Waals surface area (Å²) in [5.74, 6) is 0.714. The molecule has 0 bridgehead atoms. The summed E-state index contributed by atoms with van der Waals surface area (Å²) in [5, 5.41) is 3.54. The van der Waals surface area contributed by atoms with Crippen LogP contribution < -0.4 is 5.32 Å². The highest BCUT2D eigenvalue weighted by Crippen LogP contribution is 2.39. The number of rotatable bonds is 5. The van der Waals surface area contributed by atoms with Crippen LogP contribution >= 0.6 is 15.9 Å². The summed E-state index contributed by atoms with van der Waals surface area (Å²) in [6.07, 6.45) is 3.54. The summed E-state index contributed by atoms with van der Waals surface area (Å²) in [6, 6.07) is 19.0. The molecule has 0 radical (unpaired) electrons. The number of hydrogen-bond donors (Lipinski definition) is 1. The topological polar surface area (TPSA) is 12.0 Å². The van der Waals surface area contributed by atoms with Gasteiger partial charge in [0, 0.05) is 17.6 Å². The molecule has 1 aliphatic carbocycles. The number of halogens is 1. The Balaban J connectivity index is 1.49. The standard InChI is InChI=1S/C18H18BrN/c19-18-9-5-4-8-15(18)10-16-11-17(16)13-20-12-14-6-2-1-3-7-14/h1-10,17,20H,11-13H2/b16-10+. The molecule has 1 nitrogen and oxygen atoms in total. The third-order valence-corrected chi connectivity index (χ3v) is 4.38. The molecule has 0 saturated heterocycles. The van der Waals surface area contributed by atoms with Crippen LogP contribution in [0.25, 0.3) is 6.08 Å². The first kappa shape index (κ1) is 13.6. The van der Waals surface area contributed by atoms with Crippen LogP contribution in [-0.2, 0) is 6.54 Å². The molecule has 0 heterocycles. The van der Waals surface area contributed by atoms with E-state index in [0.717, 1.165) is 13.1 Å². The fraction of sp³-hybridized carbons (Fsp3) is 0.222. The molecular weight excluding hydrogens is 310 g/mol. The van der Waals surface area contributed by atoms with Crippen LogP contribution in [0, 0.1) is 5.92 Å². The average molecular weight is 328 g/mol. The fourth-order valence-electron chi connectivity index (χ4n) is 2.38. The van der Waals surface area contributed by atoms with Crippen LogP contribution in [0.15, 0.2) is 64.6 Å². The van der Waals surface area contributed by atoms with Gasteiger partial charge < -0.3 is 5.32 Å². The summed E-state index contributed by atoms with van der Waals surface area (Å²) < 4.78 is 1.18. The van der Waals surface area contributed by atoms with Crippen molar-refractivity contribution in [2.75, 3.05) is 6.54 Å². The van der Waals surface area contributed by atoms with E-state index in [1.807, 2.05) is 0 Å². The molecule has 1 unspecified atom stereocenters. The molecule has 0 amide bonds. The molecule has 0 aromatic heterocycles. The molecule has 102 valence electrons. The highest BCUT2D eigenvalue weighted by atomic mass is 79.9. The zero-order valence-electron chi connectivity index (χ0n) is 11.4. The Morgan fingerprint density at radius 1 is 1.05 bits per heavy atom.